The summed E-state index contributed by atoms with van der Waals surface area (Å²) in [7, 11) is -3.38. The van der Waals surface area contributed by atoms with Gasteiger partial charge in [0.1, 0.15) is 0 Å². The van der Waals surface area contributed by atoms with Crippen molar-refractivity contribution < 1.29 is 22.0 Å². The lowest BCUT2D eigenvalue weighted by Crippen LogP contribution is -2.42. The first-order valence-electron chi connectivity index (χ1n) is 4.35. The van der Waals surface area contributed by atoms with Crippen LogP contribution in [-0.2, 0) is 14.6 Å². The molecule has 0 amide bonds. The summed E-state index contributed by atoms with van der Waals surface area (Å²) in [4.78, 5) is 10.6. The number of carbonyl (C=O) groups is 1. The van der Waals surface area contributed by atoms with Crippen LogP contribution >= 0.6 is 0 Å². The summed E-state index contributed by atoms with van der Waals surface area (Å²) in [5.41, 5.74) is 0. The molecule has 1 heterocycles. The van der Waals surface area contributed by atoms with E-state index in [-0.39, 0.29) is 18.6 Å². The van der Waals surface area contributed by atoms with E-state index in [9.17, 15) is 22.0 Å². The molecule has 1 saturated heterocycles. The third-order valence-corrected chi connectivity index (χ3v) is 4.27. The molecule has 1 aliphatic rings. The zero-order valence-corrected chi connectivity index (χ0v) is 8.61. The summed E-state index contributed by atoms with van der Waals surface area (Å²) < 4.78 is 48.5. The van der Waals surface area contributed by atoms with E-state index in [1.165, 1.54) is 0 Å². The molecule has 1 fully saturated rings. The fourth-order valence-corrected chi connectivity index (χ4v) is 3.36. The van der Waals surface area contributed by atoms with E-state index in [1.807, 2.05) is 0 Å². The van der Waals surface area contributed by atoms with Gasteiger partial charge < -0.3 is 0 Å². The standard InChI is InChI=1S/C8H12F2O3S/c1-6(11)8(9,10)7-3-2-4-14(12,13)5-7/h7H,2-5H2,1H3. The molecule has 1 atom stereocenters. The highest BCUT2D eigenvalue weighted by atomic mass is 32.2. The molecule has 3 nitrogen and oxygen atoms in total. The van der Waals surface area contributed by atoms with Crippen LogP contribution in [0.3, 0.4) is 0 Å². The zero-order chi connectivity index (χ0) is 11.0. The third-order valence-electron chi connectivity index (χ3n) is 2.45. The SMILES string of the molecule is CC(=O)C(F)(F)C1CCCS(=O)(=O)C1. The number of carbonyl (C=O) groups excluding carboxylic acids is 1. The van der Waals surface area contributed by atoms with Crippen molar-refractivity contribution in [3.63, 3.8) is 0 Å². The van der Waals surface area contributed by atoms with Crippen LogP contribution in [0.1, 0.15) is 19.8 Å². The van der Waals surface area contributed by atoms with Gasteiger partial charge in [0.25, 0.3) is 0 Å². The Hall–Kier alpha value is -0.520. The minimum absolute atomic E-state index is 0.0442. The first kappa shape index (κ1) is 11.6. The molecule has 1 aliphatic heterocycles. The first-order chi connectivity index (χ1) is 6.26. The molecule has 0 aromatic heterocycles. The quantitative estimate of drug-likeness (QED) is 0.706. The average Bonchev–Trinajstić information content (AvgIpc) is 2.02. The molecule has 82 valence electrons. The maximum Gasteiger partial charge on any atom is 0.308 e. The van der Waals surface area contributed by atoms with E-state index in [4.69, 9.17) is 0 Å². The topological polar surface area (TPSA) is 51.2 Å². The van der Waals surface area contributed by atoms with Gasteiger partial charge >= 0.3 is 5.92 Å². The maximum atomic E-state index is 13.2. The first-order valence-corrected chi connectivity index (χ1v) is 6.17. The largest absolute Gasteiger partial charge is 0.308 e. The Kier molecular flexibility index (Phi) is 2.94. The highest BCUT2D eigenvalue weighted by Gasteiger charge is 2.47. The van der Waals surface area contributed by atoms with Gasteiger partial charge in [-0.05, 0) is 12.8 Å². The molecule has 6 heteroatoms. The molecule has 0 N–H and O–H groups in total. The van der Waals surface area contributed by atoms with E-state index < -0.39 is 33.2 Å². The van der Waals surface area contributed by atoms with E-state index in [0.29, 0.717) is 0 Å². The molecule has 1 rings (SSSR count). The van der Waals surface area contributed by atoms with Gasteiger partial charge in [0.15, 0.2) is 15.6 Å². The van der Waals surface area contributed by atoms with Crippen LogP contribution in [0, 0.1) is 5.92 Å². The average molecular weight is 226 g/mol. The summed E-state index contributed by atoms with van der Waals surface area (Å²) in [5, 5.41) is 0. The van der Waals surface area contributed by atoms with Gasteiger partial charge in [-0.3, -0.25) is 4.79 Å². The van der Waals surface area contributed by atoms with Crippen molar-refractivity contribution in [3.05, 3.63) is 0 Å². The van der Waals surface area contributed by atoms with Crippen LogP contribution in [0.5, 0.6) is 0 Å². The lowest BCUT2D eigenvalue weighted by Gasteiger charge is -2.27. The number of hydrogen-bond acceptors (Lipinski definition) is 3. The number of alkyl halides is 2. The number of sulfone groups is 1. The number of rotatable bonds is 2. The minimum Gasteiger partial charge on any atom is -0.293 e. The molecule has 0 aromatic rings. The smallest absolute Gasteiger partial charge is 0.293 e. The molecular weight excluding hydrogens is 214 g/mol. The second-order valence-electron chi connectivity index (χ2n) is 3.63. The summed E-state index contributed by atoms with van der Waals surface area (Å²) >= 11 is 0. The normalized spacial score (nSPS) is 27.2. The van der Waals surface area contributed by atoms with Crippen molar-refractivity contribution in [2.75, 3.05) is 11.5 Å². The van der Waals surface area contributed by atoms with E-state index >= 15 is 0 Å². The van der Waals surface area contributed by atoms with Crippen molar-refractivity contribution in [3.8, 4) is 0 Å². The highest BCUT2D eigenvalue weighted by Crippen LogP contribution is 2.33. The van der Waals surface area contributed by atoms with Crippen LogP contribution in [0.25, 0.3) is 0 Å². The van der Waals surface area contributed by atoms with Crippen molar-refractivity contribution in [1.29, 1.82) is 0 Å². The van der Waals surface area contributed by atoms with Crippen molar-refractivity contribution in [1.82, 2.24) is 0 Å². The van der Waals surface area contributed by atoms with Crippen LogP contribution < -0.4 is 0 Å². The molecule has 0 radical (unpaired) electrons. The number of Topliss-reactive ketones (excluding diaryl/α,β-unsaturated/α-hetero) is 1. The molecular formula is C8H12F2O3S. The number of hydrogen-bond donors (Lipinski definition) is 0. The number of ketones is 1. The van der Waals surface area contributed by atoms with Gasteiger partial charge in [-0.25, -0.2) is 8.42 Å². The second kappa shape index (κ2) is 3.56. The van der Waals surface area contributed by atoms with Crippen LogP contribution in [0.2, 0.25) is 0 Å². The fraction of sp³-hybridized carbons (Fsp3) is 0.875. The third kappa shape index (κ3) is 2.29. The minimum atomic E-state index is -3.49. The predicted molar refractivity (Wildman–Crippen MR) is 47.0 cm³/mol. The maximum absolute atomic E-state index is 13.2. The van der Waals surface area contributed by atoms with Crippen LogP contribution in [0.4, 0.5) is 8.78 Å². The number of halogens is 2. The van der Waals surface area contributed by atoms with E-state index in [2.05, 4.69) is 0 Å². The predicted octanol–water partition coefficient (Wildman–Crippen LogP) is 1.04. The lowest BCUT2D eigenvalue weighted by atomic mass is 9.95. The Balaban J connectivity index is 2.84. The molecule has 0 spiro atoms. The van der Waals surface area contributed by atoms with Crippen molar-refractivity contribution in [2.24, 2.45) is 5.92 Å². The lowest BCUT2D eigenvalue weighted by molar-refractivity contribution is -0.148. The Morgan fingerprint density at radius 3 is 2.43 bits per heavy atom. The van der Waals surface area contributed by atoms with Gasteiger partial charge in [-0.1, -0.05) is 0 Å². The van der Waals surface area contributed by atoms with Gasteiger partial charge in [-0.2, -0.15) is 8.78 Å². The Labute approximate surface area is 81.4 Å². The molecule has 0 saturated carbocycles. The highest BCUT2D eigenvalue weighted by molar-refractivity contribution is 7.91. The molecule has 1 unspecified atom stereocenters. The molecule has 0 aromatic carbocycles. The van der Waals surface area contributed by atoms with Gasteiger partial charge in [0.05, 0.1) is 11.5 Å². The monoisotopic (exact) mass is 226 g/mol. The summed E-state index contributed by atoms with van der Waals surface area (Å²) in [5.74, 6) is -6.69. The summed E-state index contributed by atoms with van der Waals surface area (Å²) in [6.07, 6.45) is 0.321. The Morgan fingerprint density at radius 1 is 1.43 bits per heavy atom. The fourth-order valence-electron chi connectivity index (χ4n) is 1.60. The van der Waals surface area contributed by atoms with Gasteiger partial charge in [-0.15, -0.1) is 0 Å². The van der Waals surface area contributed by atoms with Crippen molar-refractivity contribution >= 4 is 15.6 Å². The van der Waals surface area contributed by atoms with Gasteiger partial charge in [0, 0.05) is 12.8 Å². The summed E-state index contributed by atoms with van der Waals surface area (Å²) in [6, 6.07) is 0. The summed E-state index contributed by atoms with van der Waals surface area (Å²) in [6.45, 7) is 0.793. The Morgan fingerprint density at radius 2 is 2.00 bits per heavy atom. The zero-order valence-electron chi connectivity index (χ0n) is 7.79. The Bertz CT molecular complexity index is 334. The van der Waals surface area contributed by atoms with Crippen LogP contribution in [-0.4, -0.2) is 31.6 Å². The van der Waals surface area contributed by atoms with E-state index in [0.717, 1.165) is 6.92 Å². The van der Waals surface area contributed by atoms with Crippen LogP contribution in [0.15, 0.2) is 0 Å². The van der Waals surface area contributed by atoms with E-state index in [1.54, 1.807) is 0 Å². The molecule has 14 heavy (non-hydrogen) atoms. The van der Waals surface area contributed by atoms with Crippen molar-refractivity contribution in [2.45, 2.75) is 25.7 Å². The molecule has 0 aliphatic carbocycles. The molecule has 0 bridgehead atoms. The van der Waals surface area contributed by atoms with Gasteiger partial charge in [0.2, 0.25) is 0 Å². The second-order valence-corrected chi connectivity index (χ2v) is 5.86.